The maximum Gasteiger partial charge on any atom is 0.323 e. The van der Waals surface area contributed by atoms with Crippen molar-refractivity contribution in [2.45, 2.75) is 51.9 Å². The molecule has 0 radical (unpaired) electrons. The molecule has 0 aliphatic carbocycles. The number of carboxylic acid groups (broad SMARTS) is 12. The summed E-state index contributed by atoms with van der Waals surface area (Å²) in [4.78, 5) is 282. The number of hydrogen-bond acceptors (Lipinski definition) is 36. The van der Waals surface area contributed by atoms with Gasteiger partial charge >= 0.3 is 71.6 Å². The van der Waals surface area contributed by atoms with E-state index in [4.69, 9.17) is 0 Å². The minimum atomic E-state index is -1.92. The molecule has 0 saturated heterocycles. The van der Waals surface area contributed by atoms with Crippen LogP contribution in [0.3, 0.4) is 0 Å². The predicted octanol–water partition coefficient (Wildman–Crippen LogP) is -11.8. The van der Waals surface area contributed by atoms with Gasteiger partial charge in [0.1, 0.15) is 50.8 Å². The minimum Gasteiger partial charge on any atom is -0.480 e. The highest BCUT2D eigenvalue weighted by molar-refractivity contribution is 5.90. The molecule has 20 N–H and O–H groups in total. The van der Waals surface area contributed by atoms with Crippen LogP contribution in [-0.2, 0) is 95.9 Å². The van der Waals surface area contributed by atoms with Crippen LogP contribution in [-0.4, -0.2) is 571 Å². The fourth-order valence-electron chi connectivity index (χ4n) is 14.4. The molecule has 0 aromatic rings. The van der Waals surface area contributed by atoms with Crippen molar-refractivity contribution in [2.75, 3.05) is 288 Å². The molecule has 4 aliphatic heterocycles. The fourth-order valence-corrected chi connectivity index (χ4v) is 14.4. The summed E-state index contributed by atoms with van der Waals surface area (Å²) in [7, 11) is 0. The average Bonchev–Trinajstić information content (AvgIpc) is 0.844. The largest absolute Gasteiger partial charge is 0.480 e. The van der Waals surface area contributed by atoms with Crippen molar-refractivity contribution in [1.82, 2.24) is 121 Å². The first kappa shape index (κ1) is 116. The number of rotatable bonds is 48. The van der Waals surface area contributed by atoms with Gasteiger partial charge in [0.25, 0.3) is 0 Å². The lowest BCUT2D eigenvalue weighted by Crippen LogP contribution is -2.59. The highest BCUT2D eigenvalue weighted by atomic mass is 16.4. The Labute approximate surface area is 788 Å². The van der Waals surface area contributed by atoms with Gasteiger partial charge in [-0.05, 0) is 27.7 Å². The van der Waals surface area contributed by atoms with Gasteiger partial charge < -0.3 is 143 Å². The van der Waals surface area contributed by atoms with Crippen LogP contribution in [0.25, 0.3) is 0 Å². The molecule has 0 fully saturated rings. The molecule has 4 atom stereocenters. The quantitative estimate of drug-likeness (QED) is 0.0269. The Balaban J connectivity index is 1.84. The van der Waals surface area contributed by atoms with E-state index in [-0.39, 0.29) is 157 Å². The molecule has 4 aliphatic rings. The van der Waals surface area contributed by atoms with Gasteiger partial charge in [0.05, 0.1) is 78.0 Å². The SMILES string of the molecule is C[C@H](C(=O)NCC(=O)NCC(CNC(=O)CNC(=O)[C@@H](C)N1/C=C\N(CC(=O)O)CCN(CC(=O)O)CCN(CC(=O)O)CC1)(CNC(=O)CNC(=O)[C@@H](C)N1/C=C\N(CC(=O)O)CCN(CC(=O)O)CCN(CC(=O)O)CC1)CNC(=O)CNC(=O)[C@@H](C)N1CCN(CC(=O)O)/C=C\N(CC(=O)O)CCN(CC(=O)O)CC1)N1/C=C\N(CC(=O)O)CCN(CC(=O)O)CCN(CC(=O)O)CC1. The summed E-state index contributed by atoms with van der Waals surface area (Å²) in [5.74, 6) is -22.2. The van der Waals surface area contributed by atoms with Crippen LogP contribution < -0.4 is 42.5 Å². The van der Waals surface area contributed by atoms with Crippen molar-refractivity contribution >= 4 is 119 Å². The van der Waals surface area contributed by atoms with Crippen molar-refractivity contribution in [3.05, 3.63) is 49.6 Å². The van der Waals surface area contributed by atoms with Crippen molar-refractivity contribution < 1.29 is 157 Å². The number of aliphatic carboxylic acids is 12. The molecule has 56 heteroatoms. The zero-order chi connectivity index (χ0) is 102. The topological polar surface area (TPSA) is 732 Å². The Morgan fingerprint density at radius 1 is 0.212 bits per heavy atom. The molecule has 0 bridgehead atoms. The van der Waals surface area contributed by atoms with Crippen molar-refractivity contribution in [2.24, 2.45) is 5.41 Å². The number of carbonyl (C=O) groups excluding carboxylic acids is 8. The molecule has 0 aromatic carbocycles. The van der Waals surface area contributed by atoms with E-state index in [9.17, 15) is 157 Å². The molecular weight excluding hydrogens is 1820 g/mol. The molecular formula is C81H132N24O32. The second-order valence-electron chi connectivity index (χ2n) is 33.1. The van der Waals surface area contributed by atoms with Gasteiger partial charge in [0.2, 0.25) is 47.3 Å². The summed E-state index contributed by atoms with van der Waals surface area (Å²) in [6.45, 7) is -7.64. The van der Waals surface area contributed by atoms with Gasteiger partial charge in [-0.1, -0.05) is 0 Å². The van der Waals surface area contributed by atoms with Crippen LogP contribution in [0.5, 0.6) is 0 Å². The second-order valence-corrected chi connectivity index (χ2v) is 33.1. The highest BCUT2D eigenvalue weighted by Crippen LogP contribution is 2.17. The number of carboxylic acids is 12. The predicted molar refractivity (Wildman–Crippen MR) is 477 cm³/mol. The van der Waals surface area contributed by atoms with E-state index in [1.807, 2.05) is 0 Å². The maximum absolute atomic E-state index is 14.4. The molecule has 0 saturated carbocycles. The summed E-state index contributed by atoms with van der Waals surface area (Å²) >= 11 is 0. The third kappa shape index (κ3) is 49.0. The zero-order valence-corrected chi connectivity index (χ0v) is 77.2. The standard InChI is InChI=1S/C81H132N24O32/c1-57(102-29-21-94(45-69(118)119)13-5-90(41-65(110)111)6-14-95(22-30-102)46-70(120)121)77(134)82-37-61(106)86-53-81(54-87-62(107)38-83-78(135)58(2)103-31-23-96(47-71(122)123)15-7-91(42-66(112)113)8-16-97(24-32-103)48-72(124)125,55-88-63(108)39-84-79(136)59(3)104-33-25-98(49-73(126)127)17-9-92(43-67(114)115)10-18-99(26-34-104)50-74(128)129)56-89-64(109)40-85-80(137)60(4)105-35-27-100(51-75(130)131)19-11-93(44-68(116)117)12-20-101(28-36-105)52-76(132)133/h5,13,23,25,27,31,33,35,57-60H,6-12,14-22,24,26,28-30,32,34,36-56H2,1-4H3,(H,82,134)(H,83,135)(H,84,136)(H,85,137)(H,86,106)(H,87,107)(H,88,108)(H,89,109)(H,110,111)(H,112,113)(H,114,115)(H,116,117)(H,118,119)(H,120,121)(H,122,123)(H,124,125)(H,126,127)(H,128,129)(H,130,131)(H,132,133)/b13-5-,31-23-,33-25-,35-27-/t57-,58-,59-,60-/m1/s1. The number of amides is 8. The lowest BCUT2D eigenvalue weighted by atomic mass is 9.86. The minimum absolute atomic E-state index is 0.00943. The van der Waals surface area contributed by atoms with Crippen LogP contribution in [0.4, 0.5) is 0 Å². The monoisotopic (exact) mass is 1950 g/mol. The van der Waals surface area contributed by atoms with E-state index in [1.165, 1.54) is 151 Å². The summed E-state index contributed by atoms with van der Waals surface area (Å²) in [5.41, 5.74) is -1.92. The summed E-state index contributed by atoms with van der Waals surface area (Å²) in [5, 5.41) is 138. The Bertz CT molecular complexity index is 3920. The van der Waals surface area contributed by atoms with Gasteiger partial charge in [-0.15, -0.1) is 0 Å². The van der Waals surface area contributed by atoms with Gasteiger partial charge in [0, 0.05) is 238 Å². The van der Waals surface area contributed by atoms with E-state index in [2.05, 4.69) is 42.5 Å². The van der Waals surface area contributed by atoms with Crippen molar-refractivity contribution in [1.29, 1.82) is 0 Å². The first-order valence-corrected chi connectivity index (χ1v) is 43.9. The molecule has 4 heterocycles. The Morgan fingerprint density at radius 3 is 0.577 bits per heavy atom. The second kappa shape index (κ2) is 60.7. The maximum atomic E-state index is 14.4. The number of carbonyl (C=O) groups is 20. The van der Waals surface area contributed by atoms with E-state index in [1.54, 1.807) is 4.90 Å². The van der Waals surface area contributed by atoms with Crippen LogP contribution in [0, 0.1) is 5.41 Å². The van der Waals surface area contributed by atoms with E-state index in [0.29, 0.717) is 0 Å². The van der Waals surface area contributed by atoms with Gasteiger partial charge in [-0.2, -0.15) is 0 Å². The molecule has 0 aromatic heterocycles. The summed E-state index contributed by atoms with van der Waals surface area (Å²) in [6, 6.07) is -4.86. The van der Waals surface area contributed by atoms with Crippen molar-refractivity contribution in [3.8, 4) is 0 Å². The van der Waals surface area contributed by atoms with Crippen LogP contribution in [0.1, 0.15) is 27.7 Å². The van der Waals surface area contributed by atoms with Crippen LogP contribution in [0.15, 0.2) is 49.6 Å². The highest BCUT2D eigenvalue weighted by Gasteiger charge is 2.36. The third-order valence-corrected chi connectivity index (χ3v) is 22.4. The number of nitrogens with zero attached hydrogens (tertiary/aromatic N) is 16. The zero-order valence-electron chi connectivity index (χ0n) is 77.2. The van der Waals surface area contributed by atoms with E-state index >= 15 is 0 Å². The molecule has 768 valence electrons. The average molecular weight is 1950 g/mol. The third-order valence-electron chi connectivity index (χ3n) is 22.4. The van der Waals surface area contributed by atoms with Gasteiger partial charge in [-0.3, -0.25) is 135 Å². The van der Waals surface area contributed by atoms with E-state index < -0.39 is 279 Å². The molecule has 137 heavy (non-hydrogen) atoms. The first-order chi connectivity index (χ1) is 64.6. The number of nitrogens with one attached hydrogen (secondary N) is 8. The lowest BCUT2D eigenvalue weighted by molar-refractivity contribution is -0.140. The Hall–Kier alpha value is -13.6. The Morgan fingerprint density at radius 2 is 0.372 bits per heavy atom. The fraction of sp³-hybridized carbons (Fsp3) is 0.654. The summed E-state index contributed by atoms with van der Waals surface area (Å²) in [6.07, 6.45) is 10.8. The lowest BCUT2D eigenvalue weighted by Gasteiger charge is -2.35. The Kier molecular flexibility index (Phi) is 51.3. The smallest absolute Gasteiger partial charge is 0.323 e. The normalized spacial score (nSPS) is 18.7. The van der Waals surface area contributed by atoms with Crippen molar-refractivity contribution in [3.63, 3.8) is 0 Å². The summed E-state index contributed by atoms with van der Waals surface area (Å²) < 4.78 is 0. The molecule has 0 unspecified atom stereocenters. The van der Waals surface area contributed by atoms with E-state index in [0.717, 1.165) is 0 Å². The molecule has 56 nitrogen and oxygen atoms in total. The first-order valence-electron chi connectivity index (χ1n) is 43.9. The number of hydrogen-bond donors (Lipinski definition) is 20. The van der Waals surface area contributed by atoms with Gasteiger partial charge in [0.15, 0.2) is 0 Å². The van der Waals surface area contributed by atoms with Crippen LogP contribution >= 0.6 is 0 Å². The molecule has 0 spiro atoms. The van der Waals surface area contributed by atoms with Crippen LogP contribution in [0.2, 0.25) is 0 Å². The molecule has 4 rings (SSSR count). The molecule has 8 amide bonds. The van der Waals surface area contributed by atoms with Gasteiger partial charge in [-0.25, -0.2) is 0 Å².